The first-order chi connectivity index (χ1) is 11.2. The molecule has 10 heteroatoms. The summed E-state index contributed by atoms with van der Waals surface area (Å²) in [7, 11) is -3.87. The van der Waals surface area contributed by atoms with Crippen LogP contribution in [-0.2, 0) is 41.3 Å². The number of primary sulfonamides is 1. The minimum Gasteiger partial charge on any atom is -0.408 e. The van der Waals surface area contributed by atoms with Crippen LogP contribution < -0.4 is 10.9 Å². The zero-order valence-corrected chi connectivity index (χ0v) is 13.1. The molecule has 2 aromatic rings. The molecular formula is C14H13N3O6S. The summed E-state index contributed by atoms with van der Waals surface area (Å²) in [6, 6.07) is 3.89. The van der Waals surface area contributed by atoms with Crippen LogP contribution in [0.3, 0.4) is 0 Å². The second kappa shape index (κ2) is 4.56. The van der Waals surface area contributed by atoms with Gasteiger partial charge in [0.1, 0.15) is 5.69 Å². The number of carbonyl (C=O) groups is 2. The molecule has 0 saturated carbocycles. The molecule has 1 aliphatic carbocycles. The van der Waals surface area contributed by atoms with Crippen LogP contribution in [-0.4, -0.2) is 31.4 Å². The Hall–Kier alpha value is -2.43. The molecule has 4 rings (SSSR count). The van der Waals surface area contributed by atoms with E-state index in [0.717, 1.165) is 0 Å². The second-order valence-corrected chi connectivity index (χ2v) is 7.49. The molecular weight excluding hydrogens is 338 g/mol. The normalized spacial score (nSPS) is 22.5. The van der Waals surface area contributed by atoms with E-state index in [-0.39, 0.29) is 11.3 Å². The van der Waals surface area contributed by atoms with Crippen molar-refractivity contribution in [2.45, 2.75) is 29.6 Å². The van der Waals surface area contributed by atoms with Gasteiger partial charge in [-0.2, -0.15) is 0 Å². The number of esters is 2. The van der Waals surface area contributed by atoms with E-state index in [1.54, 1.807) is 6.07 Å². The average Bonchev–Trinajstić information content (AvgIpc) is 2.97. The number of ether oxygens (including phenoxy) is 2. The molecule has 1 aromatic heterocycles. The highest BCUT2D eigenvalue weighted by molar-refractivity contribution is 7.89. The Morgan fingerprint density at radius 2 is 1.88 bits per heavy atom. The predicted octanol–water partition coefficient (Wildman–Crippen LogP) is -0.658. The predicted molar refractivity (Wildman–Crippen MR) is 79.8 cm³/mol. The van der Waals surface area contributed by atoms with Crippen molar-refractivity contribution in [3.05, 3.63) is 29.5 Å². The monoisotopic (exact) mass is 351 g/mol. The summed E-state index contributed by atoms with van der Waals surface area (Å²) in [4.78, 5) is 26.0. The van der Waals surface area contributed by atoms with Gasteiger partial charge in [0, 0.05) is 23.4 Å². The molecule has 1 fully saturated rings. The molecule has 9 nitrogen and oxygen atoms in total. The number of hydrogen-bond donors (Lipinski definition) is 3. The fraction of sp³-hybridized carbons (Fsp3) is 0.286. The van der Waals surface area contributed by atoms with Gasteiger partial charge >= 0.3 is 17.7 Å². The van der Waals surface area contributed by atoms with E-state index in [9.17, 15) is 18.0 Å². The molecule has 1 saturated heterocycles. The van der Waals surface area contributed by atoms with Crippen molar-refractivity contribution in [2.24, 2.45) is 10.9 Å². The molecule has 2 aliphatic rings. The minimum atomic E-state index is -3.87. The number of carbonyl (C=O) groups excluding carboxylic acids is 2. The van der Waals surface area contributed by atoms with Crippen LogP contribution in [0.15, 0.2) is 23.1 Å². The van der Waals surface area contributed by atoms with E-state index in [2.05, 4.69) is 4.98 Å². The van der Waals surface area contributed by atoms with E-state index >= 15 is 0 Å². The summed E-state index contributed by atoms with van der Waals surface area (Å²) in [6.07, 6.45) is 0.520. The SMILES string of the molecule is NC1Cc2c([nH]c3ccc(S(N)(=O)=O)cc23)C2(C1)OC(=O)C(=O)O2. The van der Waals surface area contributed by atoms with E-state index < -0.39 is 33.8 Å². The largest absolute Gasteiger partial charge is 0.421 e. The van der Waals surface area contributed by atoms with Crippen molar-refractivity contribution in [3.8, 4) is 0 Å². The molecule has 1 spiro atoms. The van der Waals surface area contributed by atoms with Crippen LogP contribution in [0.5, 0.6) is 0 Å². The Bertz CT molecular complexity index is 993. The maximum absolute atomic E-state index is 11.6. The number of aromatic amines is 1. The van der Waals surface area contributed by atoms with Crippen molar-refractivity contribution in [1.29, 1.82) is 0 Å². The number of fused-ring (bicyclic) bond motifs is 4. The number of nitrogens with two attached hydrogens (primary N) is 2. The zero-order valence-electron chi connectivity index (χ0n) is 12.2. The van der Waals surface area contributed by atoms with Crippen molar-refractivity contribution >= 4 is 32.9 Å². The van der Waals surface area contributed by atoms with Crippen LogP contribution >= 0.6 is 0 Å². The Morgan fingerprint density at radius 1 is 1.21 bits per heavy atom. The van der Waals surface area contributed by atoms with Crippen LogP contribution in [0.2, 0.25) is 0 Å². The molecule has 1 atom stereocenters. The highest BCUT2D eigenvalue weighted by Crippen LogP contribution is 2.44. The van der Waals surface area contributed by atoms with Crippen molar-refractivity contribution in [2.75, 3.05) is 0 Å². The van der Waals surface area contributed by atoms with Gasteiger partial charge in [-0.3, -0.25) is 0 Å². The molecule has 126 valence electrons. The van der Waals surface area contributed by atoms with Gasteiger partial charge in [-0.25, -0.2) is 23.1 Å². The van der Waals surface area contributed by atoms with Crippen LogP contribution in [0, 0.1) is 0 Å². The topological polar surface area (TPSA) is 155 Å². The lowest BCUT2D eigenvalue weighted by atomic mass is 9.87. The number of aromatic nitrogens is 1. The second-order valence-electron chi connectivity index (χ2n) is 5.93. The fourth-order valence-electron chi connectivity index (χ4n) is 3.31. The molecule has 1 aliphatic heterocycles. The first-order valence-corrected chi connectivity index (χ1v) is 8.64. The maximum atomic E-state index is 11.6. The van der Waals surface area contributed by atoms with Crippen molar-refractivity contribution in [3.63, 3.8) is 0 Å². The first-order valence-electron chi connectivity index (χ1n) is 7.09. The summed E-state index contributed by atoms with van der Waals surface area (Å²) in [5.41, 5.74) is 7.66. The van der Waals surface area contributed by atoms with E-state index in [4.69, 9.17) is 20.3 Å². The van der Waals surface area contributed by atoms with Crippen molar-refractivity contribution < 1.29 is 27.5 Å². The number of rotatable bonds is 1. The van der Waals surface area contributed by atoms with Gasteiger partial charge in [0.25, 0.3) is 0 Å². The first kappa shape index (κ1) is 15.1. The number of hydrogen-bond acceptors (Lipinski definition) is 7. The maximum Gasteiger partial charge on any atom is 0.421 e. The molecule has 0 amide bonds. The third-order valence-electron chi connectivity index (χ3n) is 4.27. The highest BCUT2D eigenvalue weighted by Gasteiger charge is 2.55. The zero-order chi connectivity index (χ0) is 17.3. The molecule has 2 heterocycles. The summed E-state index contributed by atoms with van der Waals surface area (Å²) in [6.45, 7) is 0. The Kier molecular flexibility index (Phi) is 2.87. The van der Waals surface area contributed by atoms with Crippen LogP contribution in [0.4, 0.5) is 0 Å². The molecule has 0 radical (unpaired) electrons. The summed E-state index contributed by atoms with van der Waals surface area (Å²) in [5, 5.41) is 5.74. The van der Waals surface area contributed by atoms with Gasteiger partial charge in [-0.1, -0.05) is 0 Å². The number of sulfonamides is 1. The Balaban J connectivity index is 1.97. The molecule has 0 bridgehead atoms. The minimum absolute atomic E-state index is 0.0505. The summed E-state index contributed by atoms with van der Waals surface area (Å²) < 4.78 is 33.5. The van der Waals surface area contributed by atoms with E-state index in [1.807, 2.05) is 0 Å². The number of nitrogens with one attached hydrogen (secondary N) is 1. The smallest absolute Gasteiger partial charge is 0.408 e. The third kappa shape index (κ3) is 2.04. The molecule has 1 aromatic carbocycles. The number of benzene rings is 1. The quantitative estimate of drug-likeness (QED) is 0.455. The lowest BCUT2D eigenvalue weighted by molar-refractivity contribution is -0.192. The molecule has 24 heavy (non-hydrogen) atoms. The van der Waals surface area contributed by atoms with Gasteiger partial charge in [-0.05, 0) is 30.2 Å². The van der Waals surface area contributed by atoms with Crippen LogP contribution in [0.25, 0.3) is 10.9 Å². The molecule has 1 unspecified atom stereocenters. The fourth-order valence-corrected chi connectivity index (χ4v) is 3.85. The Labute approximate surface area is 135 Å². The van der Waals surface area contributed by atoms with Gasteiger partial charge in [0.05, 0.1) is 4.90 Å². The lowest BCUT2D eigenvalue weighted by Crippen LogP contribution is -2.42. The summed E-state index contributed by atoms with van der Waals surface area (Å²) >= 11 is 0. The average molecular weight is 351 g/mol. The summed E-state index contributed by atoms with van der Waals surface area (Å²) in [5.74, 6) is -3.76. The number of H-pyrrole nitrogens is 1. The van der Waals surface area contributed by atoms with Gasteiger partial charge in [-0.15, -0.1) is 0 Å². The standard InChI is InChI=1S/C14H13N3O6S/c15-6-3-9-8-4-7(24(16,20)21)1-2-10(8)17-11(9)14(5-6)22-12(18)13(19)23-14/h1-2,4,6,17H,3,5,15H2,(H2,16,20,21). The van der Waals surface area contributed by atoms with E-state index in [0.29, 0.717) is 28.6 Å². The molecule has 5 N–H and O–H groups in total. The highest BCUT2D eigenvalue weighted by atomic mass is 32.2. The van der Waals surface area contributed by atoms with Crippen molar-refractivity contribution in [1.82, 2.24) is 4.98 Å². The van der Waals surface area contributed by atoms with E-state index in [1.165, 1.54) is 12.1 Å². The lowest BCUT2D eigenvalue weighted by Gasteiger charge is -2.32. The van der Waals surface area contributed by atoms with Gasteiger partial charge < -0.3 is 20.2 Å². The third-order valence-corrected chi connectivity index (χ3v) is 5.18. The Morgan fingerprint density at radius 3 is 2.50 bits per heavy atom. The van der Waals surface area contributed by atoms with Crippen LogP contribution in [0.1, 0.15) is 17.7 Å². The van der Waals surface area contributed by atoms with Gasteiger partial charge in [0.15, 0.2) is 0 Å². The van der Waals surface area contributed by atoms with Gasteiger partial charge in [0.2, 0.25) is 10.0 Å².